The summed E-state index contributed by atoms with van der Waals surface area (Å²) in [6.07, 6.45) is 4.32. The van der Waals surface area contributed by atoms with Crippen molar-refractivity contribution in [2.75, 3.05) is 6.54 Å². The van der Waals surface area contributed by atoms with Crippen molar-refractivity contribution < 1.29 is 9.59 Å². The van der Waals surface area contributed by atoms with Gasteiger partial charge in [0.1, 0.15) is 0 Å². The van der Waals surface area contributed by atoms with Crippen LogP contribution in [0.1, 0.15) is 56.0 Å². The van der Waals surface area contributed by atoms with Crippen LogP contribution < -0.4 is 0 Å². The Morgan fingerprint density at radius 2 is 1.83 bits per heavy atom. The van der Waals surface area contributed by atoms with Crippen molar-refractivity contribution in [3.8, 4) is 0 Å². The number of thioether (sulfide) groups is 1. The summed E-state index contributed by atoms with van der Waals surface area (Å²) in [6.45, 7) is 6.87. The van der Waals surface area contributed by atoms with E-state index in [0.717, 1.165) is 30.5 Å². The lowest BCUT2D eigenvalue weighted by molar-refractivity contribution is -0.127. The molecular formula is C23H26N4O2S. The number of hydrogen-bond donors (Lipinski definition) is 0. The lowest BCUT2D eigenvalue weighted by Gasteiger charge is -2.23. The number of hydrogen-bond acceptors (Lipinski definition) is 5. The van der Waals surface area contributed by atoms with E-state index in [1.54, 1.807) is 0 Å². The van der Waals surface area contributed by atoms with Gasteiger partial charge in [0.05, 0.1) is 5.25 Å². The number of imide groups is 1. The number of likely N-dealkylation sites (tertiary alicyclic amines) is 1. The number of fused-ring (bicyclic) bond motifs is 1. The Kier molecular flexibility index (Phi) is 5.64. The summed E-state index contributed by atoms with van der Waals surface area (Å²) in [5, 5.41) is 8.72. The summed E-state index contributed by atoms with van der Waals surface area (Å²) in [5.41, 5.74) is 2.47. The van der Waals surface area contributed by atoms with Crippen LogP contribution in [0.4, 0.5) is 0 Å². The van der Waals surface area contributed by atoms with E-state index in [9.17, 15) is 9.59 Å². The third kappa shape index (κ3) is 4.12. The molecule has 3 heterocycles. The van der Waals surface area contributed by atoms with E-state index in [4.69, 9.17) is 0 Å². The normalized spacial score (nSPS) is 17.9. The molecule has 1 aliphatic rings. The van der Waals surface area contributed by atoms with Crippen LogP contribution in [-0.2, 0) is 10.2 Å². The minimum Gasteiger partial charge on any atom is -0.278 e. The number of benzene rings is 1. The number of rotatable bonds is 3. The van der Waals surface area contributed by atoms with E-state index >= 15 is 0 Å². The molecule has 0 saturated carbocycles. The van der Waals surface area contributed by atoms with Gasteiger partial charge in [-0.1, -0.05) is 57.2 Å². The second kappa shape index (κ2) is 8.22. The van der Waals surface area contributed by atoms with Crippen LogP contribution in [0.3, 0.4) is 0 Å². The zero-order chi connectivity index (χ0) is 21.3. The molecule has 30 heavy (non-hydrogen) atoms. The van der Waals surface area contributed by atoms with E-state index in [1.165, 1.54) is 16.7 Å². The van der Waals surface area contributed by atoms with Crippen LogP contribution >= 0.6 is 11.8 Å². The summed E-state index contributed by atoms with van der Waals surface area (Å²) in [5.74, 6) is -0.367. The van der Waals surface area contributed by atoms with Gasteiger partial charge >= 0.3 is 0 Å². The van der Waals surface area contributed by atoms with Crippen molar-refractivity contribution in [1.29, 1.82) is 0 Å². The molecule has 1 unspecified atom stereocenters. The SMILES string of the molecule is CC(C)(C)c1ccc(C(=O)N2CCCCC(Sc3nnc4ccccn34)C2=O)cc1. The Labute approximate surface area is 180 Å². The van der Waals surface area contributed by atoms with Crippen molar-refractivity contribution in [2.24, 2.45) is 0 Å². The fourth-order valence-corrected chi connectivity index (χ4v) is 4.74. The zero-order valence-corrected chi connectivity index (χ0v) is 18.4. The molecule has 1 aliphatic heterocycles. The smallest absolute Gasteiger partial charge is 0.260 e. The Hall–Kier alpha value is -2.67. The van der Waals surface area contributed by atoms with Crippen molar-refractivity contribution in [1.82, 2.24) is 19.5 Å². The molecule has 0 radical (unpaired) electrons. The number of carbonyl (C=O) groups excluding carboxylic acids is 2. The highest BCUT2D eigenvalue weighted by Gasteiger charge is 2.33. The molecule has 3 aromatic rings. The highest BCUT2D eigenvalue weighted by atomic mass is 32.2. The number of aromatic nitrogens is 3. The lowest BCUT2D eigenvalue weighted by Crippen LogP contribution is -2.41. The maximum absolute atomic E-state index is 13.3. The van der Waals surface area contributed by atoms with Crippen molar-refractivity contribution in [3.63, 3.8) is 0 Å². The van der Waals surface area contributed by atoms with E-state index in [-0.39, 0.29) is 22.5 Å². The van der Waals surface area contributed by atoms with E-state index in [0.29, 0.717) is 17.3 Å². The molecular weight excluding hydrogens is 396 g/mol. The van der Waals surface area contributed by atoms with Crippen molar-refractivity contribution >= 4 is 29.2 Å². The van der Waals surface area contributed by atoms with E-state index < -0.39 is 0 Å². The van der Waals surface area contributed by atoms with Gasteiger partial charge in [-0.25, -0.2) is 0 Å². The molecule has 0 N–H and O–H groups in total. The predicted molar refractivity (Wildman–Crippen MR) is 118 cm³/mol. The second-order valence-electron chi connectivity index (χ2n) is 8.64. The minimum atomic E-state index is -0.349. The van der Waals surface area contributed by atoms with Crippen LogP contribution in [0.5, 0.6) is 0 Å². The topological polar surface area (TPSA) is 67.6 Å². The Morgan fingerprint density at radius 1 is 1.07 bits per heavy atom. The van der Waals surface area contributed by atoms with Crippen molar-refractivity contribution in [2.45, 2.75) is 55.9 Å². The van der Waals surface area contributed by atoms with E-state index in [1.807, 2.05) is 53.1 Å². The van der Waals surface area contributed by atoms with Gasteiger partial charge in [0.15, 0.2) is 10.8 Å². The summed E-state index contributed by atoms with van der Waals surface area (Å²) in [7, 11) is 0. The van der Waals surface area contributed by atoms with Gasteiger partial charge in [0, 0.05) is 18.3 Å². The van der Waals surface area contributed by atoms with Gasteiger partial charge in [-0.15, -0.1) is 10.2 Å². The predicted octanol–water partition coefficient (Wildman–Crippen LogP) is 4.34. The molecule has 1 atom stereocenters. The zero-order valence-electron chi connectivity index (χ0n) is 17.5. The average molecular weight is 423 g/mol. The van der Waals surface area contributed by atoms with Gasteiger partial charge < -0.3 is 0 Å². The minimum absolute atomic E-state index is 0.0166. The van der Waals surface area contributed by atoms with Crippen LogP contribution in [0.25, 0.3) is 5.65 Å². The first kappa shape index (κ1) is 20.6. The molecule has 6 nitrogen and oxygen atoms in total. The van der Waals surface area contributed by atoms with Crippen LogP contribution in [-0.4, -0.2) is 43.1 Å². The first-order valence-electron chi connectivity index (χ1n) is 10.3. The highest BCUT2D eigenvalue weighted by molar-refractivity contribution is 8.00. The monoisotopic (exact) mass is 422 g/mol. The number of pyridine rings is 1. The van der Waals surface area contributed by atoms with Crippen LogP contribution in [0.15, 0.2) is 53.8 Å². The molecule has 1 fully saturated rings. The summed E-state index contributed by atoms with van der Waals surface area (Å²) in [6, 6.07) is 13.3. The number of nitrogens with zero attached hydrogens (tertiary/aromatic N) is 4. The van der Waals surface area contributed by atoms with Crippen LogP contribution in [0, 0.1) is 0 Å². The molecule has 0 aliphatic carbocycles. The summed E-state index contributed by atoms with van der Waals surface area (Å²) in [4.78, 5) is 27.8. The maximum atomic E-state index is 13.3. The standard InChI is InChI=1S/C23H26N4O2S/c1-23(2,3)17-12-10-16(11-13-17)20(28)27-15-6-4-8-18(21(27)29)30-22-25-24-19-9-5-7-14-26(19)22/h5,7,9-14,18H,4,6,8,15H2,1-3H3. The third-order valence-corrected chi connectivity index (χ3v) is 6.62. The molecule has 7 heteroatoms. The van der Waals surface area contributed by atoms with Gasteiger partial charge in [-0.05, 0) is 48.1 Å². The largest absolute Gasteiger partial charge is 0.278 e. The van der Waals surface area contributed by atoms with Gasteiger partial charge in [-0.3, -0.25) is 18.9 Å². The maximum Gasteiger partial charge on any atom is 0.260 e. The first-order chi connectivity index (χ1) is 14.3. The fourth-order valence-electron chi connectivity index (χ4n) is 3.61. The number of carbonyl (C=O) groups is 2. The number of amides is 2. The van der Waals surface area contributed by atoms with Crippen LogP contribution in [0.2, 0.25) is 0 Å². The second-order valence-corrected chi connectivity index (χ2v) is 9.81. The molecule has 2 amide bonds. The molecule has 1 aromatic carbocycles. The first-order valence-corrected chi connectivity index (χ1v) is 11.2. The molecule has 0 spiro atoms. The Bertz CT molecular complexity index is 1070. The molecule has 2 aromatic heterocycles. The Balaban J connectivity index is 1.55. The average Bonchev–Trinajstić information content (AvgIpc) is 3.05. The van der Waals surface area contributed by atoms with Crippen molar-refractivity contribution in [3.05, 3.63) is 59.8 Å². The quantitative estimate of drug-likeness (QED) is 0.588. The molecule has 0 bridgehead atoms. The summed E-state index contributed by atoms with van der Waals surface area (Å²) < 4.78 is 1.88. The Morgan fingerprint density at radius 3 is 2.57 bits per heavy atom. The van der Waals surface area contributed by atoms with E-state index in [2.05, 4.69) is 31.0 Å². The third-order valence-electron chi connectivity index (χ3n) is 5.41. The van der Waals surface area contributed by atoms with Gasteiger partial charge in [0.25, 0.3) is 5.91 Å². The van der Waals surface area contributed by atoms with Gasteiger partial charge in [-0.2, -0.15) is 0 Å². The molecule has 1 saturated heterocycles. The lowest BCUT2D eigenvalue weighted by atomic mass is 9.86. The summed E-state index contributed by atoms with van der Waals surface area (Å²) >= 11 is 1.39. The molecule has 4 rings (SSSR count). The fraction of sp³-hybridized carbons (Fsp3) is 0.391. The molecule has 156 valence electrons. The highest BCUT2D eigenvalue weighted by Crippen LogP contribution is 2.30. The van der Waals surface area contributed by atoms with Gasteiger partial charge in [0.2, 0.25) is 5.91 Å².